The zero-order chi connectivity index (χ0) is 41.5. The van der Waals surface area contributed by atoms with Crippen LogP contribution in [0.5, 0.6) is 11.5 Å². The maximum atomic E-state index is 12.6. The second-order valence-corrected chi connectivity index (χ2v) is 16.6. The van der Waals surface area contributed by atoms with E-state index in [2.05, 4.69) is 16.7 Å². The number of nitrogens with two attached hydrogens (primary N) is 1. The summed E-state index contributed by atoms with van der Waals surface area (Å²) in [7, 11) is -7.33. The molecule has 298 valence electrons. The van der Waals surface area contributed by atoms with E-state index in [1.165, 1.54) is 11.6 Å². The average molecular weight is 816 g/mol. The first-order valence-corrected chi connectivity index (χ1v) is 21.1. The first kappa shape index (κ1) is 41.7. The highest BCUT2D eigenvalue weighted by Crippen LogP contribution is 2.35. The van der Waals surface area contributed by atoms with Gasteiger partial charge >= 0.3 is 0 Å². The summed E-state index contributed by atoms with van der Waals surface area (Å²) < 4.78 is 63.4. The summed E-state index contributed by atoms with van der Waals surface area (Å²) >= 11 is 0. The van der Waals surface area contributed by atoms with Crippen molar-refractivity contribution in [3.8, 4) is 11.5 Å². The molecule has 0 saturated heterocycles. The fraction of sp³-hybridized carbons (Fsp3) is 0.200. The number of fused-ring (bicyclic) bond motifs is 2. The number of ketones is 1. The Hall–Kier alpha value is -6.46. The molecule has 0 unspecified atom stereocenters. The van der Waals surface area contributed by atoms with Crippen molar-refractivity contribution in [2.45, 2.75) is 26.9 Å². The van der Waals surface area contributed by atoms with Crippen LogP contribution >= 0.6 is 0 Å². The lowest BCUT2D eigenvalue weighted by Gasteiger charge is -2.10. The number of carbonyl (C=O) groups excluding carboxylic acids is 4. The topological polar surface area (TPSA) is 215 Å². The number of primary amides is 1. The fourth-order valence-corrected chi connectivity index (χ4v) is 7.18. The number of sulfonamides is 2. The molecule has 0 spiro atoms. The second kappa shape index (κ2) is 17.6. The minimum Gasteiger partial charge on any atom is -0.483 e. The Kier molecular flexibility index (Phi) is 12.8. The molecule has 0 atom stereocenters. The largest absolute Gasteiger partial charge is 0.483 e. The summed E-state index contributed by atoms with van der Waals surface area (Å²) in [4.78, 5) is 47.8. The van der Waals surface area contributed by atoms with Crippen molar-refractivity contribution in [2.75, 3.05) is 25.7 Å². The van der Waals surface area contributed by atoms with Gasteiger partial charge in [-0.25, -0.2) is 16.8 Å². The quantitative estimate of drug-likeness (QED) is 0.107. The van der Waals surface area contributed by atoms with Crippen LogP contribution in [0.4, 0.5) is 0 Å². The number of aryl methyl sites for hydroxylation is 1. The third-order valence-electron chi connectivity index (χ3n) is 8.56. The number of carbonyl (C=O) groups is 4. The van der Waals surface area contributed by atoms with E-state index in [1.807, 2.05) is 82.9 Å². The number of hydrogen-bond donors (Lipinski definition) is 3. The predicted molar refractivity (Wildman–Crippen MR) is 215 cm³/mol. The van der Waals surface area contributed by atoms with Crippen LogP contribution in [0.1, 0.15) is 32.9 Å². The van der Waals surface area contributed by atoms with Crippen molar-refractivity contribution in [1.82, 2.24) is 18.6 Å². The van der Waals surface area contributed by atoms with Gasteiger partial charge in [-0.3, -0.25) is 28.6 Å². The molecule has 0 saturated carbocycles. The third kappa shape index (κ3) is 10.9. The second-order valence-electron chi connectivity index (χ2n) is 13.1. The highest BCUT2D eigenvalue weighted by atomic mass is 32.2. The van der Waals surface area contributed by atoms with Crippen LogP contribution in [0.15, 0.2) is 103 Å². The number of aromatic nitrogens is 2. The van der Waals surface area contributed by atoms with E-state index in [0.29, 0.717) is 28.9 Å². The van der Waals surface area contributed by atoms with E-state index < -0.39 is 50.2 Å². The van der Waals surface area contributed by atoms with E-state index in [1.54, 1.807) is 29.8 Å². The molecular weight excluding hydrogens is 775 g/mol. The smallest absolute Gasteiger partial charge is 0.289 e. The van der Waals surface area contributed by atoms with E-state index in [4.69, 9.17) is 15.2 Å². The lowest BCUT2D eigenvalue weighted by atomic mass is 10.1. The zero-order valence-electron chi connectivity index (χ0n) is 31.5. The first-order chi connectivity index (χ1) is 26.9. The Morgan fingerprint density at radius 2 is 1.11 bits per heavy atom. The van der Waals surface area contributed by atoms with Crippen molar-refractivity contribution >= 4 is 65.4 Å². The number of Topliss-reactive ketones (excluding diaryl/α,β-unsaturated/α-hetero) is 1. The molecule has 0 aliphatic rings. The summed E-state index contributed by atoms with van der Waals surface area (Å²) in [5.74, 6) is -2.88. The van der Waals surface area contributed by atoms with Gasteiger partial charge in [0.15, 0.2) is 13.2 Å². The SMILES string of the molecule is Cc1c(C(=O)C(N)=O)c2c(OCC(=O)NS(C)(=O)=O)cccc2n1Cc1ccccc1.Cc1cc2c(OCC(=O)NS(C)(=O)=O)cccc2n1Cc1ccccc1. The van der Waals surface area contributed by atoms with Crippen LogP contribution in [-0.4, -0.2) is 75.2 Å². The highest BCUT2D eigenvalue weighted by Gasteiger charge is 2.26. The van der Waals surface area contributed by atoms with Gasteiger partial charge in [0.25, 0.3) is 23.5 Å². The number of ether oxygens (including phenoxy) is 2. The Balaban J connectivity index is 0.000000221. The van der Waals surface area contributed by atoms with E-state index >= 15 is 0 Å². The van der Waals surface area contributed by atoms with Gasteiger partial charge in [-0.1, -0.05) is 72.8 Å². The molecular formula is C40H41N5O10S2. The molecule has 57 heavy (non-hydrogen) atoms. The molecule has 4 N–H and O–H groups in total. The number of rotatable bonds is 14. The first-order valence-electron chi connectivity index (χ1n) is 17.3. The molecule has 0 aliphatic heterocycles. The monoisotopic (exact) mass is 815 g/mol. The Labute approximate surface area is 329 Å². The van der Waals surface area contributed by atoms with Crippen LogP contribution in [0.2, 0.25) is 0 Å². The standard InChI is InChI=1S/C21H21N3O6S.C19H20N2O4S/c1-13-18(20(26)21(22)27)19-15(24(13)11-14-7-4-3-5-8-14)9-6-10-16(19)30-12-17(25)23-31(2,28)29;1-14-11-16-17(21(14)12-15-7-4-3-5-8-15)9-6-10-18(16)25-13-19(22)20-26(2,23)24/h3-10H,11-12H2,1-2H3,(H2,22,27)(H,23,25);3-11H,12-13H2,1-2H3,(H,20,22). The number of nitrogens with one attached hydrogen (secondary N) is 2. The number of amides is 3. The summed E-state index contributed by atoms with van der Waals surface area (Å²) in [6, 6.07) is 32.2. The summed E-state index contributed by atoms with van der Waals surface area (Å²) in [5, 5.41) is 1.21. The van der Waals surface area contributed by atoms with Crippen LogP contribution in [0.3, 0.4) is 0 Å². The van der Waals surface area contributed by atoms with E-state index in [0.717, 1.165) is 41.2 Å². The molecule has 2 aromatic heterocycles. The fourth-order valence-electron chi connectivity index (χ4n) is 6.23. The lowest BCUT2D eigenvalue weighted by molar-refractivity contribution is -0.122. The van der Waals surface area contributed by atoms with Gasteiger partial charge in [-0.15, -0.1) is 0 Å². The van der Waals surface area contributed by atoms with Gasteiger partial charge in [-0.2, -0.15) is 0 Å². The minimum absolute atomic E-state index is 0.0811. The van der Waals surface area contributed by atoms with Crippen LogP contribution < -0.4 is 24.7 Å². The van der Waals surface area contributed by atoms with Gasteiger partial charge < -0.3 is 24.3 Å². The minimum atomic E-state index is -3.74. The molecule has 6 rings (SSSR count). The molecule has 0 fully saturated rings. The Bertz CT molecular complexity index is 2690. The van der Waals surface area contributed by atoms with Gasteiger partial charge in [0.1, 0.15) is 11.5 Å². The molecule has 17 heteroatoms. The number of nitrogens with zero attached hydrogens (tertiary/aromatic N) is 2. The van der Waals surface area contributed by atoms with Gasteiger partial charge in [0.05, 0.1) is 34.5 Å². The molecule has 4 aromatic carbocycles. The molecule has 3 amide bonds. The van der Waals surface area contributed by atoms with Crippen molar-refractivity contribution in [3.05, 3.63) is 131 Å². The molecule has 0 bridgehead atoms. The maximum Gasteiger partial charge on any atom is 0.289 e. The molecule has 6 aromatic rings. The molecule has 0 aliphatic carbocycles. The normalized spacial score (nSPS) is 11.4. The van der Waals surface area contributed by atoms with E-state index in [-0.39, 0.29) is 17.9 Å². The summed E-state index contributed by atoms with van der Waals surface area (Å²) in [6.07, 6.45) is 1.78. The van der Waals surface area contributed by atoms with Crippen molar-refractivity contribution in [3.63, 3.8) is 0 Å². The predicted octanol–water partition coefficient (Wildman–Crippen LogP) is 3.57. The van der Waals surface area contributed by atoms with Crippen LogP contribution in [0, 0.1) is 13.8 Å². The number of benzene rings is 4. The maximum absolute atomic E-state index is 12.6. The average Bonchev–Trinajstić information content (AvgIpc) is 3.61. The van der Waals surface area contributed by atoms with Crippen molar-refractivity contribution < 1.29 is 45.5 Å². The van der Waals surface area contributed by atoms with Gasteiger partial charge in [0, 0.05) is 29.9 Å². The lowest BCUT2D eigenvalue weighted by Crippen LogP contribution is -2.33. The Morgan fingerprint density at radius 1 is 0.632 bits per heavy atom. The zero-order valence-corrected chi connectivity index (χ0v) is 33.1. The molecule has 15 nitrogen and oxygen atoms in total. The molecule has 0 radical (unpaired) electrons. The van der Waals surface area contributed by atoms with Crippen molar-refractivity contribution in [1.29, 1.82) is 0 Å². The van der Waals surface area contributed by atoms with Gasteiger partial charge in [0.2, 0.25) is 20.0 Å². The van der Waals surface area contributed by atoms with Crippen LogP contribution in [-0.2, 0) is 47.5 Å². The van der Waals surface area contributed by atoms with E-state index in [9.17, 15) is 36.0 Å². The summed E-state index contributed by atoms with van der Waals surface area (Å²) in [5.41, 5.74) is 10.7. The van der Waals surface area contributed by atoms with Gasteiger partial charge in [-0.05, 0) is 55.3 Å². The number of hydrogen-bond acceptors (Lipinski definition) is 10. The summed E-state index contributed by atoms with van der Waals surface area (Å²) in [6.45, 7) is 3.90. The highest BCUT2D eigenvalue weighted by molar-refractivity contribution is 7.89. The van der Waals surface area contributed by atoms with Crippen molar-refractivity contribution in [2.24, 2.45) is 5.73 Å². The van der Waals surface area contributed by atoms with Crippen LogP contribution in [0.25, 0.3) is 21.8 Å². The third-order valence-corrected chi connectivity index (χ3v) is 9.76. The molecule has 2 heterocycles. The Morgan fingerprint density at radius 3 is 1.61 bits per heavy atom.